The molecule has 1 atom stereocenters. The van der Waals surface area contributed by atoms with Gasteiger partial charge in [0.15, 0.2) is 6.61 Å². The highest BCUT2D eigenvalue weighted by Gasteiger charge is 2.15. The van der Waals surface area contributed by atoms with Gasteiger partial charge in [-0.1, -0.05) is 41.7 Å². The van der Waals surface area contributed by atoms with Crippen LogP contribution in [0.1, 0.15) is 19.8 Å². The van der Waals surface area contributed by atoms with Crippen molar-refractivity contribution in [2.24, 2.45) is 0 Å². The van der Waals surface area contributed by atoms with Crippen molar-refractivity contribution in [3.05, 3.63) is 27.2 Å². The average Bonchev–Trinajstić information content (AvgIpc) is 2.40. The van der Waals surface area contributed by atoms with Gasteiger partial charge in [0.25, 0.3) is 5.91 Å². The van der Waals surface area contributed by atoms with Crippen molar-refractivity contribution in [2.75, 3.05) is 6.61 Å². The maximum atomic E-state index is 11.7. The first-order valence-corrected chi connectivity index (χ1v) is 7.25. The molecule has 0 saturated carbocycles. The van der Waals surface area contributed by atoms with Crippen molar-refractivity contribution in [3.8, 4) is 5.75 Å². The zero-order chi connectivity index (χ0) is 16.0. The van der Waals surface area contributed by atoms with Crippen LogP contribution < -0.4 is 10.1 Å². The molecule has 0 aliphatic heterocycles. The SMILES string of the molecule is CCC(CC(=O)O)NC(=O)COc1cc(Cl)c(Cl)cc1Cl. The second-order valence-electron chi connectivity index (χ2n) is 4.26. The molecule has 0 fully saturated rings. The predicted octanol–water partition coefficient (Wildman–Crippen LogP) is 3.40. The Labute approximate surface area is 137 Å². The van der Waals surface area contributed by atoms with E-state index in [4.69, 9.17) is 44.6 Å². The van der Waals surface area contributed by atoms with Crippen LogP contribution >= 0.6 is 34.8 Å². The summed E-state index contributed by atoms with van der Waals surface area (Å²) in [7, 11) is 0. The zero-order valence-electron chi connectivity index (χ0n) is 11.2. The van der Waals surface area contributed by atoms with E-state index < -0.39 is 17.9 Å². The zero-order valence-corrected chi connectivity index (χ0v) is 13.4. The minimum atomic E-state index is -0.976. The minimum absolute atomic E-state index is 0.143. The van der Waals surface area contributed by atoms with Crippen LogP contribution in [0.3, 0.4) is 0 Å². The van der Waals surface area contributed by atoms with Crippen molar-refractivity contribution in [1.29, 1.82) is 0 Å². The Morgan fingerprint density at radius 3 is 2.43 bits per heavy atom. The highest BCUT2D eigenvalue weighted by atomic mass is 35.5. The van der Waals surface area contributed by atoms with E-state index in [0.717, 1.165) is 0 Å². The second-order valence-corrected chi connectivity index (χ2v) is 5.48. The summed E-state index contributed by atoms with van der Waals surface area (Å²) in [5.74, 6) is -1.19. The molecule has 0 aliphatic carbocycles. The van der Waals surface area contributed by atoms with Gasteiger partial charge in [-0.15, -0.1) is 0 Å². The molecule has 1 aromatic carbocycles. The van der Waals surface area contributed by atoms with Crippen molar-refractivity contribution in [3.63, 3.8) is 0 Å². The highest BCUT2D eigenvalue weighted by molar-refractivity contribution is 6.43. The summed E-state index contributed by atoms with van der Waals surface area (Å²) in [6, 6.07) is 2.38. The maximum Gasteiger partial charge on any atom is 0.305 e. The molecule has 5 nitrogen and oxygen atoms in total. The number of amides is 1. The average molecular weight is 355 g/mol. The smallest absolute Gasteiger partial charge is 0.305 e. The number of halogens is 3. The van der Waals surface area contributed by atoms with Crippen LogP contribution in [0.15, 0.2) is 12.1 Å². The van der Waals surface area contributed by atoms with Crippen LogP contribution in [0.25, 0.3) is 0 Å². The molecule has 0 saturated heterocycles. The van der Waals surface area contributed by atoms with Crippen molar-refractivity contribution in [1.82, 2.24) is 5.32 Å². The van der Waals surface area contributed by atoms with Gasteiger partial charge < -0.3 is 15.2 Å². The fourth-order valence-corrected chi connectivity index (χ4v) is 2.13. The van der Waals surface area contributed by atoms with Crippen molar-refractivity contribution in [2.45, 2.75) is 25.8 Å². The number of hydrogen-bond acceptors (Lipinski definition) is 3. The molecule has 0 spiro atoms. The summed E-state index contributed by atoms with van der Waals surface area (Å²) in [5.41, 5.74) is 0. The van der Waals surface area contributed by atoms with Gasteiger partial charge >= 0.3 is 5.97 Å². The van der Waals surface area contributed by atoms with E-state index in [-0.39, 0.29) is 33.8 Å². The molecule has 0 aromatic heterocycles. The predicted molar refractivity (Wildman–Crippen MR) is 81.4 cm³/mol. The Morgan fingerprint density at radius 1 is 1.24 bits per heavy atom. The largest absolute Gasteiger partial charge is 0.482 e. The van der Waals surface area contributed by atoms with Gasteiger partial charge in [0, 0.05) is 12.1 Å². The number of benzene rings is 1. The number of nitrogens with one attached hydrogen (secondary N) is 1. The van der Waals surface area contributed by atoms with E-state index >= 15 is 0 Å². The standard InChI is InChI=1S/C13H14Cl3NO4/c1-2-7(3-13(19)20)17-12(18)6-21-11-5-9(15)8(14)4-10(11)16/h4-5,7H,2-3,6H2,1H3,(H,17,18)(H,19,20). The summed E-state index contributed by atoms with van der Waals surface area (Å²) >= 11 is 17.5. The Balaban J connectivity index is 2.57. The third-order valence-corrected chi connectivity index (χ3v) is 3.63. The molecule has 0 heterocycles. The third kappa shape index (κ3) is 5.99. The summed E-state index contributed by atoms with van der Waals surface area (Å²) in [6.07, 6.45) is 0.362. The topological polar surface area (TPSA) is 75.6 Å². The number of carbonyl (C=O) groups excluding carboxylic acids is 1. The van der Waals surface area contributed by atoms with Gasteiger partial charge in [0.1, 0.15) is 5.75 Å². The van der Waals surface area contributed by atoms with E-state index in [0.29, 0.717) is 6.42 Å². The lowest BCUT2D eigenvalue weighted by Crippen LogP contribution is -2.38. The quantitative estimate of drug-likeness (QED) is 0.736. The molecular formula is C13H14Cl3NO4. The van der Waals surface area contributed by atoms with E-state index in [2.05, 4.69) is 5.32 Å². The van der Waals surface area contributed by atoms with E-state index in [1.165, 1.54) is 12.1 Å². The van der Waals surface area contributed by atoms with Crippen LogP contribution in [-0.2, 0) is 9.59 Å². The van der Waals surface area contributed by atoms with Gasteiger partial charge in [-0.2, -0.15) is 0 Å². The number of ether oxygens (including phenoxy) is 1. The number of carboxylic acids is 1. The molecule has 1 unspecified atom stereocenters. The van der Waals surface area contributed by atoms with Gasteiger partial charge in [0.2, 0.25) is 0 Å². The molecule has 2 N–H and O–H groups in total. The molecule has 21 heavy (non-hydrogen) atoms. The molecule has 1 rings (SSSR count). The van der Waals surface area contributed by atoms with Crippen LogP contribution in [0.4, 0.5) is 0 Å². The Kier molecular flexibility index (Phi) is 7.08. The van der Waals surface area contributed by atoms with Crippen LogP contribution in [0.2, 0.25) is 15.1 Å². The number of hydrogen-bond donors (Lipinski definition) is 2. The van der Waals surface area contributed by atoms with E-state index in [1.54, 1.807) is 6.92 Å². The molecule has 1 aromatic rings. The van der Waals surface area contributed by atoms with E-state index in [9.17, 15) is 9.59 Å². The minimum Gasteiger partial charge on any atom is -0.482 e. The first kappa shape index (κ1) is 17.9. The highest BCUT2D eigenvalue weighted by Crippen LogP contribution is 2.33. The van der Waals surface area contributed by atoms with Gasteiger partial charge in [0.05, 0.1) is 21.5 Å². The molecule has 0 bridgehead atoms. The first-order valence-electron chi connectivity index (χ1n) is 6.12. The Bertz CT molecular complexity index is 536. The Hall–Kier alpha value is -1.17. The molecule has 1 amide bonds. The van der Waals surface area contributed by atoms with Crippen LogP contribution in [0.5, 0.6) is 5.75 Å². The van der Waals surface area contributed by atoms with Crippen LogP contribution in [0, 0.1) is 0 Å². The fourth-order valence-electron chi connectivity index (χ4n) is 1.54. The van der Waals surface area contributed by atoms with Gasteiger partial charge in [-0.05, 0) is 12.5 Å². The van der Waals surface area contributed by atoms with E-state index in [1.807, 2.05) is 0 Å². The third-order valence-electron chi connectivity index (χ3n) is 2.61. The van der Waals surface area contributed by atoms with Crippen molar-refractivity contribution >= 4 is 46.7 Å². The molecule has 0 radical (unpaired) electrons. The molecule has 116 valence electrons. The number of carboxylic acid groups (broad SMARTS) is 1. The van der Waals surface area contributed by atoms with Gasteiger partial charge in [-0.3, -0.25) is 9.59 Å². The lowest BCUT2D eigenvalue weighted by Gasteiger charge is -2.15. The summed E-state index contributed by atoms with van der Waals surface area (Å²) in [5, 5.41) is 12.0. The summed E-state index contributed by atoms with van der Waals surface area (Å²) in [6.45, 7) is 1.48. The maximum absolute atomic E-state index is 11.7. The fraction of sp³-hybridized carbons (Fsp3) is 0.385. The summed E-state index contributed by atoms with van der Waals surface area (Å²) in [4.78, 5) is 22.3. The van der Waals surface area contributed by atoms with Crippen molar-refractivity contribution < 1.29 is 19.4 Å². The van der Waals surface area contributed by atoms with Crippen LogP contribution in [-0.4, -0.2) is 29.6 Å². The molecular weight excluding hydrogens is 341 g/mol. The first-order chi connectivity index (χ1) is 9.83. The molecule has 0 aliphatic rings. The second kappa shape index (κ2) is 8.32. The lowest BCUT2D eigenvalue weighted by molar-refractivity contribution is -0.137. The normalized spacial score (nSPS) is 11.8. The summed E-state index contributed by atoms with van der Waals surface area (Å²) < 4.78 is 5.25. The number of carbonyl (C=O) groups is 2. The molecule has 8 heteroatoms. The van der Waals surface area contributed by atoms with Gasteiger partial charge in [-0.25, -0.2) is 0 Å². The monoisotopic (exact) mass is 353 g/mol. The Morgan fingerprint density at radius 2 is 1.86 bits per heavy atom. The number of rotatable bonds is 7. The number of aliphatic carboxylic acids is 1. The lowest BCUT2D eigenvalue weighted by atomic mass is 10.1.